The minimum Gasteiger partial charge on any atom is -0.390 e. The van der Waals surface area contributed by atoms with Gasteiger partial charge in [-0.05, 0) is 44.0 Å². The quantitative estimate of drug-likeness (QED) is 0.931. The number of nitrogens with zero attached hydrogens (tertiary/aromatic N) is 1. The Morgan fingerprint density at radius 1 is 1.25 bits per heavy atom. The maximum atomic E-state index is 10.6. The summed E-state index contributed by atoms with van der Waals surface area (Å²) in [5.74, 6) is 0. The Kier molecular flexibility index (Phi) is 3.91. The Morgan fingerprint density at radius 2 is 1.85 bits per heavy atom. The molecule has 2 fully saturated rings. The Bertz CT molecular complexity index is 451. The number of hydrogen-bond donors (Lipinski definition) is 1. The van der Waals surface area contributed by atoms with Gasteiger partial charge in [0.15, 0.2) is 12.6 Å². The average molecular weight is 298 g/mol. The van der Waals surface area contributed by atoms with E-state index in [9.17, 15) is 5.11 Å². The lowest BCUT2D eigenvalue weighted by Gasteiger charge is -2.43. The molecule has 1 N–H and O–H groups in total. The van der Waals surface area contributed by atoms with Gasteiger partial charge < -0.3 is 19.5 Å². The maximum absolute atomic E-state index is 10.6. The zero-order valence-corrected chi connectivity index (χ0v) is 12.3. The third-order valence-electron chi connectivity index (χ3n) is 4.12. The molecule has 110 valence electrons. The van der Waals surface area contributed by atoms with Gasteiger partial charge in [-0.1, -0.05) is 11.6 Å². The molecule has 0 atom stereocenters. The fourth-order valence-corrected chi connectivity index (χ4v) is 3.01. The second kappa shape index (κ2) is 5.53. The van der Waals surface area contributed by atoms with Crippen molar-refractivity contribution in [3.63, 3.8) is 0 Å². The molecule has 0 amide bonds. The van der Waals surface area contributed by atoms with E-state index >= 15 is 0 Å². The molecule has 0 spiro atoms. The van der Waals surface area contributed by atoms with Crippen LogP contribution in [0.4, 0.5) is 5.69 Å². The van der Waals surface area contributed by atoms with Gasteiger partial charge in [-0.3, -0.25) is 0 Å². The number of hydrogen-bond acceptors (Lipinski definition) is 4. The van der Waals surface area contributed by atoms with E-state index in [1.165, 1.54) is 0 Å². The van der Waals surface area contributed by atoms with Gasteiger partial charge in [0.2, 0.25) is 0 Å². The molecule has 2 saturated heterocycles. The standard InChI is InChI=1S/C15H20ClNO3/c1-11-19-14(20-11)10-15(18)6-8-17(9-7-15)13-4-2-12(16)3-5-13/h2-5,11,14,18H,6-10H2,1H3. The van der Waals surface area contributed by atoms with E-state index in [2.05, 4.69) is 4.90 Å². The van der Waals surface area contributed by atoms with Crippen LogP contribution in [-0.4, -0.2) is 36.4 Å². The minimum absolute atomic E-state index is 0.127. The summed E-state index contributed by atoms with van der Waals surface area (Å²) in [6.45, 7) is 3.53. The average Bonchev–Trinajstić information content (AvgIpc) is 2.39. The van der Waals surface area contributed by atoms with Crippen molar-refractivity contribution in [1.29, 1.82) is 0 Å². The van der Waals surface area contributed by atoms with Gasteiger partial charge in [0.1, 0.15) is 0 Å². The molecule has 0 radical (unpaired) electrons. The first-order valence-electron chi connectivity index (χ1n) is 7.08. The SMILES string of the molecule is CC1OC(CC2(O)CCN(c3ccc(Cl)cc3)CC2)O1. The van der Waals surface area contributed by atoms with Crippen LogP contribution in [0.5, 0.6) is 0 Å². The predicted octanol–water partition coefficient (Wildman–Crippen LogP) is 2.78. The molecule has 0 unspecified atom stereocenters. The lowest BCUT2D eigenvalue weighted by atomic mass is 9.87. The van der Waals surface area contributed by atoms with Crippen LogP contribution < -0.4 is 4.90 Å². The van der Waals surface area contributed by atoms with Crippen molar-refractivity contribution < 1.29 is 14.6 Å². The summed E-state index contributed by atoms with van der Waals surface area (Å²) in [4.78, 5) is 2.27. The van der Waals surface area contributed by atoms with Crippen molar-refractivity contribution in [3.05, 3.63) is 29.3 Å². The number of ether oxygens (including phenoxy) is 2. The van der Waals surface area contributed by atoms with E-state index in [-0.39, 0.29) is 12.6 Å². The van der Waals surface area contributed by atoms with Crippen molar-refractivity contribution >= 4 is 17.3 Å². The van der Waals surface area contributed by atoms with Crippen molar-refractivity contribution in [2.24, 2.45) is 0 Å². The van der Waals surface area contributed by atoms with E-state index in [0.717, 1.165) is 36.6 Å². The summed E-state index contributed by atoms with van der Waals surface area (Å²) in [5.41, 5.74) is 0.481. The molecule has 0 aromatic heterocycles. The zero-order valence-electron chi connectivity index (χ0n) is 11.6. The molecule has 2 aliphatic heterocycles. The fourth-order valence-electron chi connectivity index (χ4n) is 2.88. The molecular formula is C15H20ClNO3. The largest absolute Gasteiger partial charge is 0.390 e. The Labute approximate surface area is 124 Å². The Morgan fingerprint density at radius 3 is 2.40 bits per heavy atom. The van der Waals surface area contributed by atoms with Crippen molar-refractivity contribution in [2.75, 3.05) is 18.0 Å². The lowest BCUT2D eigenvalue weighted by Crippen LogP contribution is -2.50. The molecule has 2 aliphatic rings. The van der Waals surface area contributed by atoms with Gasteiger partial charge in [0.25, 0.3) is 0 Å². The van der Waals surface area contributed by atoms with Gasteiger partial charge in [0, 0.05) is 30.2 Å². The van der Waals surface area contributed by atoms with Crippen molar-refractivity contribution in [2.45, 2.75) is 44.4 Å². The third kappa shape index (κ3) is 3.09. The van der Waals surface area contributed by atoms with Gasteiger partial charge in [0.05, 0.1) is 5.60 Å². The van der Waals surface area contributed by atoms with E-state index < -0.39 is 5.60 Å². The van der Waals surface area contributed by atoms with Crippen molar-refractivity contribution in [3.8, 4) is 0 Å². The first-order chi connectivity index (χ1) is 9.54. The fraction of sp³-hybridized carbons (Fsp3) is 0.600. The highest BCUT2D eigenvalue weighted by molar-refractivity contribution is 6.30. The summed E-state index contributed by atoms with van der Waals surface area (Å²) in [7, 11) is 0. The number of anilines is 1. The van der Waals surface area contributed by atoms with E-state index in [0.29, 0.717) is 6.42 Å². The zero-order chi connectivity index (χ0) is 14.2. The van der Waals surface area contributed by atoms with Crippen LogP contribution in [0.3, 0.4) is 0 Å². The highest BCUT2D eigenvalue weighted by Crippen LogP contribution is 2.33. The predicted molar refractivity (Wildman–Crippen MR) is 77.9 cm³/mol. The Balaban J connectivity index is 1.54. The van der Waals surface area contributed by atoms with Gasteiger partial charge in [-0.2, -0.15) is 0 Å². The van der Waals surface area contributed by atoms with Gasteiger partial charge in [-0.25, -0.2) is 0 Å². The van der Waals surface area contributed by atoms with Crippen LogP contribution in [-0.2, 0) is 9.47 Å². The number of halogens is 1. The third-order valence-corrected chi connectivity index (χ3v) is 4.37. The number of benzene rings is 1. The Hall–Kier alpha value is -0.810. The van der Waals surface area contributed by atoms with Gasteiger partial charge >= 0.3 is 0 Å². The molecule has 0 saturated carbocycles. The lowest BCUT2D eigenvalue weighted by molar-refractivity contribution is -0.385. The molecule has 2 heterocycles. The number of rotatable bonds is 3. The summed E-state index contributed by atoms with van der Waals surface area (Å²) in [6, 6.07) is 7.84. The molecule has 20 heavy (non-hydrogen) atoms. The molecule has 1 aromatic rings. The summed E-state index contributed by atoms with van der Waals surface area (Å²) >= 11 is 5.90. The molecule has 4 nitrogen and oxygen atoms in total. The molecule has 0 aliphatic carbocycles. The van der Waals surface area contributed by atoms with Crippen LogP contribution in [0.1, 0.15) is 26.2 Å². The smallest absolute Gasteiger partial charge is 0.166 e. The molecule has 0 bridgehead atoms. The summed E-state index contributed by atoms with van der Waals surface area (Å²) in [6.07, 6.45) is 1.65. The maximum Gasteiger partial charge on any atom is 0.166 e. The highest BCUT2D eigenvalue weighted by atomic mass is 35.5. The second-order valence-electron chi connectivity index (χ2n) is 5.66. The number of piperidine rings is 1. The van der Waals surface area contributed by atoms with Crippen molar-refractivity contribution in [1.82, 2.24) is 0 Å². The summed E-state index contributed by atoms with van der Waals surface area (Å²) in [5, 5.41) is 11.3. The topological polar surface area (TPSA) is 41.9 Å². The molecule has 3 rings (SSSR count). The molecule has 1 aromatic carbocycles. The van der Waals surface area contributed by atoms with E-state index in [4.69, 9.17) is 21.1 Å². The van der Waals surface area contributed by atoms with Crippen LogP contribution >= 0.6 is 11.6 Å². The van der Waals surface area contributed by atoms with E-state index in [1.54, 1.807) is 0 Å². The molecular weight excluding hydrogens is 278 g/mol. The van der Waals surface area contributed by atoms with E-state index in [1.807, 2.05) is 31.2 Å². The summed E-state index contributed by atoms with van der Waals surface area (Å²) < 4.78 is 10.8. The first kappa shape index (κ1) is 14.1. The number of aliphatic hydroxyl groups is 1. The van der Waals surface area contributed by atoms with Crippen LogP contribution in [0, 0.1) is 0 Å². The normalized spacial score (nSPS) is 29.1. The molecule has 5 heteroatoms. The minimum atomic E-state index is -0.673. The van der Waals surface area contributed by atoms with Crippen LogP contribution in [0.2, 0.25) is 5.02 Å². The highest BCUT2D eigenvalue weighted by Gasteiger charge is 2.39. The second-order valence-corrected chi connectivity index (χ2v) is 6.10. The first-order valence-corrected chi connectivity index (χ1v) is 7.46. The van der Waals surface area contributed by atoms with Gasteiger partial charge in [-0.15, -0.1) is 0 Å². The van der Waals surface area contributed by atoms with Crippen LogP contribution in [0.25, 0.3) is 0 Å². The van der Waals surface area contributed by atoms with Crippen LogP contribution in [0.15, 0.2) is 24.3 Å². The monoisotopic (exact) mass is 297 g/mol.